The molecule has 0 aromatic rings. The maximum atomic E-state index is 6.02. The Kier molecular flexibility index (Phi) is 3.45. The highest BCUT2D eigenvalue weighted by atomic mass is 16.5. The maximum Gasteiger partial charge on any atom is 0.0685 e. The van der Waals surface area contributed by atoms with Crippen LogP contribution in [0.3, 0.4) is 0 Å². The average molecular weight is 237 g/mol. The lowest BCUT2D eigenvalue weighted by atomic mass is 9.70. The second-order valence-corrected chi connectivity index (χ2v) is 6.73. The maximum absolute atomic E-state index is 6.02. The smallest absolute Gasteiger partial charge is 0.0685 e. The van der Waals surface area contributed by atoms with Gasteiger partial charge in [0.25, 0.3) is 0 Å². The second kappa shape index (κ2) is 4.89. The standard InChI is InChI=1S/C15H27NO/c1-12-3-4-14(11-16-12)9-13-5-8-17-15(10-13)6-2-7-15/h12-14,16H,2-11H2,1H3. The zero-order valence-corrected chi connectivity index (χ0v) is 11.2. The van der Waals surface area contributed by atoms with Crippen LogP contribution in [0.2, 0.25) is 0 Å². The highest BCUT2D eigenvalue weighted by molar-refractivity contribution is 4.94. The fourth-order valence-electron chi connectivity index (χ4n) is 3.98. The van der Waals surface area contributed by atoms with Crippen LogP contribution in [0.4, 0.5) is 0 Å². The molecular weight excluding hydrogens is 210 g/mol. The lowest BCUT2D eigenvalue weighted by Gasteiger charge is -2.48. The molecule has 2 saturated heterocycles. The summed E-state index contributed by atoms with van der Waals surface area (Å²) < 4.78 is 6.02. The van der Waals surface area contributed by atoms with E-state index in [9.17, 15) is 0 Å². The lowest BCUT2D eigenvalue weighted by Crippen LogP contribution is -2.46. The SMILES string of the molecule is CC1CCC(CC2CCOC3(CCC3)C2)CN1. The van der Waals surface area contributed by atoms with Gasteiger partial charge in [0.2, 0.25) is 0 Å². The van der Waals surface area contributed by atoms with Crippen LogP contribution in [0.1, 0.15) is 58.3 Å². The molecule has 3 atom stereocenters. The molecular formula is C15H27NO. The molecule has 0 aromatic carbocycles. The highest BCUT2D eigenvalue weighted by Crippen LogP contribution is 2.45. The molecule has 2 aliphatic heterocycles. The number of ether oxygens (including phenoxy) is 1. The van der Waals surface area contributed by atoms with Gasteiger partial charge in [0.15, 0.2) is 0 Å². The van der Waals surface area contributed by atoms with E-state index in [4.69, 9.17) is 4.74 Å². The zero-order valence-electron chi connectivity index (χ0n) is 11.2. The third kappa shape index (κ3) is 2.68. The molecule has 98 valence electrons. The summed E-state index contributed by atoms with van der Waals surface area (Å²) in [4.78, 5) is 0. The van der Waals surface area contributed by atoms with Crippen LogP contribution in [-0.2, 0) is 4.74 Å². The van der Waals surface area contributed by atoms with E-state index in [1.807, 2.05) is 0 Å². The minimum absolute atomic E-state index is 0.346. The molecule has 1 saturated carbocycles. The van der Waals surface area contributed by atoms with Crippen molar-refractivity contribution in [1.82, 2.24) is 5.32 Å². The first-order valence-corrected chi connectivity index (χ1v) is 7.63. The summed E-state index contributed by atoms with van der Waals surface area (Å²) in [6, 6.07) is 0.749. The Labute approximate surface area is 105 Å². The summed E-state index contributed by atoms with van der Waals surface area (Å²) >= 11 is 0. The second-order valence-electron chi connectivity index (χ2n) is 6.73. The van der Waals surface area contributed by atoms with Crippen LogP contribution >= 0.6 is 0 Å². The monoisotopic (exact) mass is 237 g/mol. The molecule has 3 aliphatic rings. The van der Waals surface area contributed by atoms with E-state index in [0.29, 0.717) is 5.60 Å². The number of piperidine rings is 1. The van der Waals surface area contributed by atoms with Crippen LogP contribution < -0.4 is 5.32 Å². The van der Waals surface area contributed by atoms with Crippen molar-refractivity contribution in [3.63, 3.8) is 0 Å². The quantitative estimate of drug-likeness (QED) is 0.797. The summed E-state index contributed by atoms with van der Waals surface area (Å²) in [7, 11) is 0. The molecule has 0 aromatic heterocycles. The van der Waals surface area contributed by atoms with Gasteiger partial charge >= 0.3 is 0 Å². The molecule has 1 N–H and O–H groups in total. The molecule has 0 radical (unpaired) electrons. The van der Waals surface area contributed by atoms with Gasteiger partial charge in [-0.3, -0.25) is 0 Å². The van der Waals surface area contributed by atoms with Crippen molar-refractivity contribution >= 4 is 0 Å². The van der Waals surface area contributed by atoms with Crippen molar-refractivity contribution in [3.8, 4) is 0 Å². The van der Waals surface area contributed by atoms with E-state index < -0.39 is 0 Å². The van der Waals surface area contributed by atoms with E-state index >= 15 is 0 Å². The first kappa shape index (κ1) is 12.0. The summed E-state index contributed by atoms with van der Waals surface area (Å²) in [6.45, 7) is 4.60. The lowest BCUT2D eigenvalue weighted by molar-refractivity contribution is -0.145. The third-order valence-corrected chi connectivity index (χ3v) is 5.29. The van der Waals surface area contributed by atoms with E-state index in [1.165, 1.54) is 57.9 Å². The van der Waals surface area contributed by atoms with Crippen LogP contribution in [-0.4, -0.2) is 24.8 Å². The molecule has 1 spiro atoms. The Morgan fingerprint density at radius 2 is 2.06 bits per heavy atom. The molecule has 3 unspecified atom stereocenters. The molecule has 3 rings (SSSR count). The summed E-state index contributed by atoms with van der Waals surface area (Å²) in [6.07, 6.45) is 11.0. The summed E-state index contributed by atoms with van der Waals surface area (Å²) in [5.41, 5.74) is 0.346. The van der Waals surface area contributed by atoms with Crippen molar-refractivity contribution in [1.29, 1.82) is 0 Å². The van der Waals surface area contributed by atoms with Gasteiger partial charge in [-0.1, -0.05) is 0 Å². The van der Waals surface area contributed by atoms with Gasteiger partial charge in [0, 0.05) is 12.6 Å². The number of nitrogens with one attached hydrogen (secondary N) is 1. The fourth-order valence-corrected chi connectivity index (χ4v) is 3.98. The Hall–Kier alpha value is -0.0800. The van der Waals surface area contributed by atoms with Crippen LogP contribution in [0.15, 0.2) is 0 Å². The first-order valence-electron chi connectivity index (χ1n) is 7.63. The highest BCUT2D eigenvalue weighted by Gasteiger charge is 2.42. The topological polar surface area (TPSA) is 21.3 Å². The van der Waals surface area contributed by atoms with Gasteiger partial charge in [-0.2, -0.15) is 0 Å². The Morgan fingerprint density at radius 3 is 2.71 bits per heavy atom. The van der Waals surface area contributed by atoms with Crippen LogP contribution in [0.5, 0.6) is 0 Å². The van der Waals surface area contributed by atoms with E-state index in [0.717, 1.165) is 24.5 Å². The molecule has 2 heteroatoms. The Morgan fingerprint density at radius 1 is 1.18 bits per heavy atom. The molecule has 2 nitrogen and oxygen atoms in total. The van der Waals surface area contributed by atoms with Crippen molar-refractivity contribution in [2.24, 2.45) is 11.8 Å². The van der Waals surface area contributed by atoms with Crippen molar-refractivity contribution in [3.05, 3.63) is 0 Å². The number of rotatable bonds is 2. The largest absolute Gasteiger partial charge is 0.375 e. The summed E-state index contributed by atoms with van der Waals surface area (Å²) in [5.74, 6) is 1.88. The Bertz CT molecular complexity index is 254. The van der Waals surface area contributed by atoms with Gasteiger partial charge in [-0.05, 0) is 76.7 Å². The molecule has 0 bridgehead atoms. The van der Waals surface area contributed by atoms with Gasteiger partial charge in [0.05, 0.1) is 5.60 Å². The molecule has 2 heterocycles. The van der Waals surface area contributed by atoms with E-state index in [-0.39, 0.29) is 0 Å². The average Bonchev–Trinajstić information content (AvgIpc) is 2.31. The number of hydrogen-bond acceptors (Lipinski definition) is 2. The normalized spacial score (nSPS) is 41.1. The van der Waals surface area contributed by atoms with Gasteiger partial charge in [-0.25, -0.2) is 0 Å². The third-order valence-electron chi connectivity index (χ3n) is 5.29. The molecule has 0 amide bonds. The van der Waals surface area contributed by atoms with Gasteiger partial charge < -0.3 is 10.1 Å². The van der Waals surface area contributed by atoms with Crippen LogP contribution in [0.25, 0.3) is 0 Å². The van der Waals surface area contributed by atoms with Gasteiger partial charge in [-0.15, -0.1) is 0 Å². The predicted octanol–water partition coefficient (Wildman–Crippen LogP) is 3.11. The zero-order chi connectivity index (χ0) is 11.7. The minimum Gasteiger partial charge on any atom is -0.375 e. The number of hydrogen-bond donors (Lipinski definition) is 1. The molecule has 17 heavy (non-hydrogen) atoms. The summed E-state index contributed by atoms with van der Waals surface area (Å²) in [5, 5.41) is 3.64. The first-order chi connectivity index (χ1) is 8.26. The van der Waals surface area contributed by atoms with Crippen molar-refractivity contribution < 1.29 is 4.74 Å². The predicted molar refractivity (Wildman–Crippen MR) is 70.1 cm³/mol. The van der Waals surface area contributed by atoms with E-state index in [2.05, 4.69) is 12.2 Å². The van der Waals surface area contributed by atoms with Crippen molar-refractivity contribution in [2.45, 2.75) is 69.9 Å². The molecule has 3 fully saturated rings. The van der Waals surface area contributed by atoms with Gasteiger partial charge in [0.1, 0.15) is 0 Å². The van der Waals surface area contributed by atoms with Crippen LogP contribution in [0, 0.1) is 11.8 Å². The minimum atomic E-state index is 0.346. The Balaban J connectivity index is 1.48. The van der Waals surface area contributed by atoms with E-state index in [1.54, 1.807) is 0 Å². The molecule has 1 aliphatic carbocycles. The fraction of sp³-hybridized carbons (Fsp3) is 1.00. The van der Waals surface area contributed by atoms with Crippen molar-refractivity contribution in [2.75, 3.05) is 13.2 Å².